The standard InChI is InChI=1S/C13H20BrNOS/c1-4-11(14)9-15-12(10(2)3)13(16)5-7-17-8-6-13/h4,9,16H,5-8H2,1-3H3/b11-4+,15-9-. The van der Waals surface area contributed by atoms with Gasteiger partial charge in [-0.05, 0) is 61.0 Å². The number of hydrogen-bond donors (Lipinski definition) is 1. The van der Waals surface area contributed by atoms with Crippen molar-refractivity contribution in [3.05, 3.63) is 21.8 Å². The fourth-order valence-corrected chi connectivity index (χ4v) is 3.13. The summed E-state index contributed by atoms with van der Waals surface area (Å²) in [5.74, 6) is 2.02. The Morgan fingerprint density at radius 2 is 1.94 bits per heavy atom. The second-order valence-corrected chi connectivity index (χ2v) is 6.56. The van der Waals surface area contributed by atoms with Crippen LogP contribution in [0.4, 0.5) is 0 Å². The molecule has 1 aliphatic rings. The van der Waals surface area contributed by atoms with Crippen molar-refractivity contribution < 1.29 is 5.11 Å². The Morgan fingerprint density at radius 3 is 2.41 bits per heavy atom. The van der Waals surface area contributed by atoms with Crippen LogP contribution < -0.4 is 0 Å². The van der Waals surface area contributed by atoms with Crippen LogP contribution >= 0.6 is 27.7 Å². The van der Waals surface area contributed by atoms with E-state index in [1.54, 1.807) is 6.21 Å². The lowest BCUT2D eigenvalue weighted by atomic mass is 9.90. The minimum atomic E-state index is -0.735. The summed E-state index contributed by atoms with van der Waals surface area (Å²) in [4.78, 5) is 4.47. The molecule has 0 amide bonds. The second kappa shape index (κ2) is 6.76. The van der Waals surface area contributed by atoms with Gasteiger partial charge in [0.15, 0.2) is 0 Å². The Kier molecular flexibility index (Phi) is 5.97. The molecule has 1 fully saturated rings. The molecule has 0 unspecified atom stereocenters. The van der Waals surface area contributed by atoms with E-state index in [1.165, 1.54) is 0 Å². The van der Waals surface area contributed by atoms with Gasteiger partial charge in [-0.3, -0.25) is 4.99 Å². The zero-order valence-corrected chi connectivity index (χ0v) is 13.1. The van der Waals surface area contributed by atoms with E-state index >= 15 is 0 Å². The Bertz CT molecular complexity index is 350. The topological polar surface area (TPSA) is 32.6 Å². The Hall–Kier alpha value is -0.0600. The van der Waals surface area contributed by atoms with Gasteiger partial charge in [0.1, 0.15) is 5.60 Å². The monoisotopic (exact) mass is 317 g/mol. The summed E-state index contributed by atoms with van der Waals surface area (Å²) >= 11 is 5.30. The lowest BCUT2D eigenvalue weighted by molar-refractivity contribution is 0.0676. The fraction of sp³-hybridized carbons (Fsp3) is 0.615. The van der Waals surface area contributed by atoms with Gasteiger partial charge in [0.2, 0.25) is 0 Å². The number of nitrogens with zero attached hydrogens (tertiary/aromatic N) is 1. The molecule has 4 heteroatoms. The van der Waals surface area contributed by atoms with Crippen LogP contribution in [0.1, 0.15) is 33.6 Å². The van der Waals surface area contributed by atoms with Gasteiger partial charge in [-0.1, -0.05) is 11.6 Å². The Labute approximate surface area is 116 Å². The summed E-state index contributed by atoms with van der Waals surface area (Å²) in [5.41, 5.74) is 1.19. The molecule has 0 bridgehead atoms. The Morgan fingerprint density at radius 1 is 1.35 bits per heavy atom. The van der Waals surface area contributed by atoms with Crippen LogP contribution in [0.3, 0.4) is 0 Å². The molecule has 1 rings (SSSR count). The molecule has 0 aromatic rings. The smallest absolute Gasteiger partial charge is 0.108 e. The van der Waals surface area contributed by atoms with E-state index in [-0.39, 0.29) is 0 Å². The van der Waals surface area contributed by atoms with Crippen LogP contribution in [0.2, 0.25) is 0 Å². The van der Waals surface area contributed by atoms with E-state index < -0.39 is 5.60 Å². The summed E-state index contributed by atoms with van der Waals surface area (Å²) in [6.45, 7) is 5.97. The second-order valence-electron chi connectivity index (χ2n) is 4.42. The molecule has 17 heavy (non-hydrogen) atoms. The van der Waals surface area contributed by atoms with E-state index in [0.717, 1.165) is 40.1 Å². The molecular weight excluding hydrogens is 298 g/mol. The first kappa shape index (κ1) is 15.0. The minimum Gasteiger partial charge on any atom is -0.383 e. The maximum atomic E-state index is 10.7. The van der Waals surface area contributed by atoms with Gasteiger partial charge in [-0.15, -0.1) is 0 Å². The number of halogens is 1. The van der Waals surface area contributed by atoms with Gasteiger partial charge in [0, 0.05) is 10.7 Å². The maximum Gasteiger partial charge on any atom is 0.108 e. The number of allylic oxidation sites excluding steroid dienone is 3. The zero-order chi connectivity index (χ0) is 12.9. The van der Waals surface area contributed by atoms with Crippen molar-refractivity contribution in [2.75, 3.05) is 11.5 Å². The molecule has 0 saturated carbocycles. The fourth-order valence-electron chi connectivity index (χ4n) is 1.86. The number of hydrogen-bond acceptors (Lipinski definition) is 3. The first-order valence-electron chi connectivity index (χ1n) is 5.83. The van der Waals surface area contributed by atoms with E-state index in [2.05, 4.69) is 20.9 Å². The number of aliphatic imine (C=N–C) groups is 1. The number of aliphatic hydroxyl groups is 1. The normalized spacial score (nSPS) is 20.6. The van der Waals surface area contributed by atoms with Crippen LogP contribution in [0.25, 0.3) is 0 Å². The van der Waals surface area contributed by atoms with Crippen molar-refractivity contribution in [1.82, 2.24) is 0 Å². The summed E-state index contributed by atoms with van der Waals surface area (Å²) in [5, 5.41) is 10.7. The summed E-state index contributed by atoms with van der Waals surface area (Å²) < 4.78 is 0.935. The molecule has 1 saturated heterocycles. The van der Waals surface area contributed by atoms with E-state index in [9.17, 15) is 5.11 Å². The molecule has 0 aromatic carbocycles. The molecule has 1 N–H and O–H groups in total. The van der Waals surface area contributed by atoms with Crippen LogP contribution in [0.5, 0.6) is 0 Å². The maximum absolute atomic E-state index is 10.7. The lowest BCUT2D eigenvalue weighted by Gasteiger charge is -2.33. The van der Waals surface area contributed by atoms with Gasteiger partial charge >= 0.3 is 0 Å². The predicted molar refractivity (Wildman–Crippen MR) is 81.1 cm³/mol. The quantitative estimate of drug-likeness (QED) is 0.800. The summed E-state index contributed by atoms with van der Waals surface area (Å²) in [6.07, 6.45) is 5.29. The van der Waals surface area contributed by atoms with Crippen molar-refractivity contribution in [3.63, 3.8) is 0 Å². The minimum absolute atomic E-state index is 0.735. The summed E-state index contributed by atoms with van der Waals surface area (Å²) in [7, 11) is 0. The highest BCUT2D eigenvalue weighted by Crippen LogP contribution is 2.35. The third-order valence-electron chi connectivity index (χ3n) is 2.83. The van der Waals surface area contributed by atoms with Crippen LogP contribution in [0.15, 0.2) is 26.8 Å². The van der Waals surface area contributed by atoms with E-state index in [0.29, 0.717) is 0 Å². The number of rotatable bonds is 3. The first-order chi connectivity index (χ1) is 7.99. The average molecular weight is 318 g/mol. The van der Waals surface area contributed by atoms with Crippen molar-refractivity contribution in [1.29, 1.82) is 0 Å². The van der Waals surface area contributed by atoms with Gasteiger partial charge in [0.05, 0.1) is 5.70 Å². The molecule has 0 aromatic heterocycles. The molecule has 1 aliphatic heterocycles. The SMILES string of the molecule is C/C=C(Br)\C=N/C(=C(C)C)C1(O)CCSCC1. The largest absolute Gasteiger partial charge is 0.383 e. The molecule has 0 radical (unpaired) electrons. The molecule has 0 spiro atoms. The van der Waals surface area contributed by atoms with Crippen molar-refractivity contribution >= 4 is 33.9 Å². The molecule has 0 atom stereocenters. The van der Waals surface area contributed by atoms with Crippen molar-refractivity contribution in [2.45, 2.75) is 39.2 Å². The third kappa shape index (κ3) is 4.27. The van der Waals surface area contributed by atoms with Crippen LogP contribution in [0, 0.1) is 0 Å². The van der Waals surface area contributed by atoms with Crippen molar-refractivity contribution in [3.8, 4) is 0 Å². The van der Waals surface area contributed by atoms with Gasteiger partial charge < -0.3 is 5.11 Å². The zero-order valence-electron chi connectivity index (χ0n) is 10.7. The molecule has 0 aliphatic carbocycles. The van der Waals surface area contributed by atoms with Crippen molar-refractivity contribution in [2.24, 2.45) is 4.99 Å². The molecule has 96 valence electrons. The predicted octanol–water partition coefficient (Wildman–Crippen LogP) is 3.91. The lowest BCUT2D eigenvalue weighted by Crippen LogP contribution is -2.35. The third-order valence-corrected chi connectivity index (χ3v) is 4.48. The molecule has 2 nitrogen and oxygen atoms in total. The highest BCUT2D eigenvalue weighted by molar-refractivity contribution is 9.12. The van der Waals surface area contributed by atoms with Gasteiger partial charge in [-0.25, -0.2) is 0 Å². The van der Waals surface area contributed by atoms with Crippen LogP contribution in [-0.4, -0.2) is 28.4 Å². The summed E-state index contributed by atoms with van der Waals surface area (Å²) in [6, 6.07) is 0. The van der Waals surface area contributed by atoms with Crippen LogP contribution in [-0.2, 0) is 0 Å². The first-order valence-corrected chi connectivity index (χ1v) is 7.78. The molecular formula is C13H20BrNOS. The number of thioether (sulfide) groups is 1. The van der Waals surface area contributed by atoms with E-state index in [1.807, 2.05) is 38.6 Å². The molecule has 1 heterocycles. The Balaban J connectivity index is 2.94. The van der Waals surface area contributed by atoms with E-state index in [4.69, 9.17) is 0 Å². The highest BCUT2D eigenvalue weighted by Gasteiger charge is 2.34. The van der Waals surface area contributed by atoms with Gasteiger partial charge in [-0.2, -0.15) is 11.8 Å². The van der Waals surface area contributed by atoms with Gasteiger partial charge in [0.25, 0.3) is 0 Å². The highest BCUT2D eigenvalue weighted by atomic mass is 79.9. The average Bonchev–Trinajstić information content (AvgIpc) is 2.29.